The van der Waals surface area contributed by atoms with Crippen LogP contribution in [0.3, 0.4) is 0 Å². The van der Waals surface area contributed by atoms with E-state index >= 15 is 0 Å². The quantitative estimate of drug-likeness (QED) is 0.153. The zero-order valence-corrected chi connectivity index (χ0v) is 24.0. The van der Waals surface area contributed by atoms with Crippen LogP contribution in [-0.2, 0) is 0 Å². The van der Waals surface area contributed by atoms with Crippen molar-refractivity contribution in [2.45, 2.75) is 0 Å². The van der Waals surface area contributed by atoms with Crippen LogP contribution in [0.15, 0.2) is 138 Å². The van der Waals surface area contributed by atoms with Gasteiger partial charge in [0.15, 0.2) is 0 Å². The second kappa shape index (κ2) is 9.55. The lowest BCUT2D eigenvalue weighted by Crippen LogP contribution is -1.90. The molecule has 0 radical (unpaired) electrons. The van der Waals surface area contributed by atoms with E-state index in [4.69, 9.17) is 11.0 Å². The molecule has 0 saturated heterocycles. The lowest BCUT2D eigenvalue weighted by atomic mass is 9.88. The molecule has 0 aliphatic heterocycles. The van der Waals surface area contributed by atoms with Crippen LogP contribution in [0.4, 0.5) is 5.69 Å². The van der Waals surface area contributed by atoms with Crippen molar-refractivity contribution >= 4 is 70.7 Å². The van der Waals surface area contributed by atoms with E-state index in [1.807, 2.05) is 72.8 Å². The Bertz CT molecular complexity index is 2680. The number of hydrogen-bond donors (Lipinski definition) is 0. The summed E-state index contributed by atoms with van der Waals surface area (Å²) < 4.78 is 6.69. The first kappa shape index (κ1) is 25.1. The van der Waals surface area contributed by atoms with Gasteiger partial charge >= 0.3 is 0 Å². The van der Waals surface area contributed by atoms with Crippen molar-refractivity contribution in [1.29, 1.82) is 5.26 Å². The minimum absolute atomic E-state index is 0.686. The Labute approximate surface area is 258 Å². The smallest absolute Gasteiger partial charge is 0.202 e. The van der Waals surface area contributed by atoms with Crippen molar-refractivity contribution in [2.75, 3.05) is 0 Å². The van der Waals surface area contributed by atoms with E-state index in [9.17, 15) is 5.26 Å². The van der Waals surface area contributed by atoms with Gasteiger partial charge in [0.1, 0.15) is 17.2 Å². The first-order valence-electron chi connectivity index (χ1n) is 14.9. The molecule has 9 aromatic rings. The van der Waals surface area contributed by atoms with Gasteiger partial charge in [0.2, 0.25) is 5.69 Å². The summed E-state index contributed by atoms with van der Waals surface area (Å²) in [4.78, 5) is 3.95. The van der Waals surface area contributed by atoms with Crippen molar-refractivity contribution < 1.29 is 4.42 Å². The van der Waals surface area contributed by atoms with Crippen molar-refractivity contribution in [1.82, 2.24) is 0 Å². The Hall–Kier alpha value is -6.42. The summed E-state index contributed by atoms with van der Waals surface area (Å²) >= 11 is 0. The first-order valence-corrected chi connectivity index (χ1v) is 14.9. The Morgan fingerprint density at radius 1 is 0.511 bits per heavy atom. The van der Waals surface area contributed by atoms with Crippen molar-refractivity contribution in [2.24, 2.45) is 0 Å². The molecular weight excluding hydrogens is 548 g/mol. The summed E-state index contributed by atoms with van der Waals surface area (Å²) in [5, 5.41) is 20.2. The molecular formula is C42H22N2O. The number of nitriles is 1. The Kier molecular flexibility index (Phi) is 5.33. The third-order valence-electron chi connectivity index (χ3n) is 9.11. The van der Waals surface area contributed by atoms with Gasteiger partial charge in [-0.2, -0.15) is 5.26 Å². The number of rotatable bonds is 2. The molecule has 1 heterocycles. The van der Waals surface area contributed by atoms with Crippen molar-refractivity contribution in [3.05, 3.63) is 150 Å². The van der Waals surface area contributed by atoms with Crippen LogP contribution in [-0.4, -0.2) is 0 Å². The maximum atomic E-state index is 10.2. The minimum Gasteiger partial charge on any atom is -0.455 e. The molecule has 0 unspecified atom stereocenters. The lowest BCUT2D eigenvalue weighted by molar-refractivity contribution is 0.670. The lowest BCUT2D eigenvalue weighted by Gasteiger charge is -2.14. The van der Waals surface area contributed by atoms with Gasteiger partial charge in [0.05, 0.1) is 12.1 Å². The van der Waals surface area contributed by atoms with E-state index in [1.165, 1.54) is 0 Å². The summed E-state index contributed by atoms with van der Waals surface area (Å²) in [6.07, 6.45) is 0. The van der Waals surface area contributed by atoms with Crippen molar-refractivity contribution in [3.8, 4) is 28.3 Å². The monoisotopic (exact) mass is 570 g/mol. The zero-order valence-electron chi connectivity index (χ0n) is 24.0. The summed E-state index contributed by atoms with van der Waals surface area (Å²) in [6, 6.07) is 47.9. The van der Waals surface area contributed by atoms with E-state index in [1.54, 1.807) is 0 Å². The van der Waals surface area contributed by atoms with Gasteiger partial charge in [0, 0.05) is 32.7 Å². The fourth-order valence-corrected chi connectivity index (χ4v) is 7.23. The van der Waals surface area contributed by atoms with Crippen molar-refractivity contribution in [3.63, 3.8) is 0 Å². The molecule has 0 spiro atoms. The zero-order chi connectivity index (χ0) is 30.1. The number of nitrogens with zero attached hydrogens (tertiary/aromatic N) is 2. The fraction of sp³-hybridized carbons (Fsp3) is 0. The SMILES string of the molecule is [C-]#[N+]c1c2ccccc2c(-c2ccc3oc4c(-c5c6ccccc6c(C#N)c6ccccc56)cccc4c3c2)c2ccccc12. The van der Waals surface area contributed by atoms with Gasteiger partial charge in [-0.1, -0.05) is 121 Å². The van der Waals surface area contributed by atoms with Gasteiger partial charge in [-0.15, -0.1) is 0 Å². The highest BCUT2D eigenvalue weighted by Crippen LogP contribution is 2.46. The molecule has 0 saturated carbocycles. The molecule has 1 aromatic heterocycles. The highest BCUT2D eigenvalue weighted by molar-refractivity contribution is 6.23. The van der Waals surface area contributed by atoms with E-state index in [2.05, 4.69) is 71.6 Å². The summed E-state index contributed by atoms with van der Waals surface area (Å²) in [5.74, 6) is 0. The highest BCUT2D eigenvalue weighted by Gasteiger charge is 2.21. The van der Waals surface area contributed by atoms with Crippen LogP contribution >= 0.6 is 0 Å². The third-order valence-corrected chi connectivity index (χ3v) is 9.11. The Morgan fingerprint density at radius 3 is 1.58 bits per heavy atom. The molecule has 0 aliphatic rings. The molecule has 0 aliphatic carbocycles. The molecule has 3 heteroatoms. The topological polar surface area (TPSA) is 41.3 Å². The summed E-state index contributed by atoms with van der Waals surface area (Å²) in [5.41, 5.74) is 7.27. The molecule has 0 atom stereocenters. The molecule has 0 bridgehead atoms. The Morgan fingerprint density at radius 2 is 1.02 bits per heavy atom. The molecule has 3 nitrogen and oxygen atoms in total. The van der Waals surface area contributed by atoms with Crippen LogP contribution in [0.5, 0.6) is 0 Å². The van der Waals surface area contributed by atoms with E-state index < -0.39 is 0 Å². The van der Waals surface area contributed by atoms with Gasteiger partial charge in [-0.25, -0.2) is 4.85 Å². The average Bonchev–Trinajstić information content (AvgIpc) is 3.48. The number of benzene rings is 8. The first-order chi connectivity index (χ1) is 22.3. The molecule has 0 N–H and O–H groups in total. The molecule has 0 amide bonds. The second-order valence-electron chi connectivity index (χ2n) is 11.4. The second-order valence-corrected chi connectivity index (χ2v) is 11.4. The van der Waals surface area contributed by atoms with Crippen LogP contribution in [0.2, 0.25) is 0 Å². The molecule has 0 fully saturated rings. The van der Waals surface area contributed by atoms with E-state index in [0.29, 0.717) is 11.3 Å². The number of fused-ring (bicyclic) bond motifs is 7. The largest absolute Gasteiger partial charge is 0.455 e. The maximum absolute atomic E-state index is 10.2. The summed E-state index contributed by atoms with van der Waals surface area (Å²) in [7, 11) is 0. The number of furan rings is 1. The van der Waals surface area contributed by atoms with Crippen LogP contribution in [0.25, 0.3) is 92.1 Å². The fourth-order valence-electron chi connectivity index (χ4n) is 7.23. The van der Waals surface area contributed by atoms with E-state index in [0.717, 1.165) is 87.3 Å². The van der Waals surface area contributed by atoms with Gasteiger partial charge in [-0.3, -0.25) is 0 Å². The van der Waals surface area contributed by atoms with E-state index in [-0.39, 0.29) is 0 Å². The Balaban J connectivity index is 1.36. The molecule has 8 aromatic carbocycles. The number of hydrogen-bond acceptors (Lipinski definition) is 2. The van der Waals surface area contributed by atoms with Gasteiger partial charge in [-0.05, 0) is 55.6 Å². The van der Waals surface area contributed by atoms with Gasteiger partial charge in [0.25, 0.3) is 0 Å². The number of para-hydroxylation sites is 1. The highest BCUT2D eigenvalue weighted by atomic mass is 16.3. The molecule has 9 rings (SSSR count). The molecule has 206 valence electrons. The third kappa shape index (κ3) is 3.50. The van der Waals surface area contributed by atoms with Crippen LogP contribution in [0, 0.1) is 17.9 Å². The minimum atomic E-state index is 0.686. The van der Waals surface area contributed by atoms with Crippen LogP contribution < -0.4 is 0 Å². The maximum Gasteiger partial charge on any atom is 0.202 e. The van der Waals surface area contributed by atoms with Gasteiger partial charge < -0.3 is 4.42 Å². The molecule has 45 heavy (non-hydrogen) atoms. The summed E-state index contributed by atoms with van der Waals surface area (Å²) in [6.45, 7) is 7.97. The standard InChI is InChI=1S/C42H22N2O/c1-44-41-32-17-8-6-15-30(32)39(31-16-7-9-18-33(31)41)25-21-22-38-36(23-25)34-19-10-20-35(42(34)45-38)40-28-13-4-2-11-26(28)37(24-43)27-12-3-5-14-29(27)40/h2-23H. The predicted molar refractivity (Wildman–Crippen MR) is 186 cm³/mol. The average molecular weight is 571 g/mol. The normalized spacial score (nSPS) is 11.5. The van der Waals surface area contributed by atoms with Crippen LogP contribution in [0.1, 0.15) is 5.56 Å². The predicted octanol–water partition coefficient (Wildman–Crippen LogP) is 12.0.